The van der Waals surface area contributed by atoms with Crippen molar-refractivity contribution in [3.8, 4) is 17.0 Å². The summed E-state index contributed by atoms with van der Waals surface area (Å²) in [5.41, 5.74) is 2.70. The Bertz CT molecular complexity index is 878. The van der Waals surface area contributed by atoms with Crippen molar-refractivity contribution in [1.82, 2.24) is 14.8 Å². The fraction of sp³-hybridized carbons (Fsp3) is 0.263. The largest absolute Gasteiger partial charge is 0.336 e. The smallest absolute Gasteiger partial charge is 0.180 e. The zero-order chi connectivity index (χ0) is 19.1. The Hall–Kier alpha value is -1.70. The molecule has 0 aliphatic rings. The molecular formula is C19H21Br2N3O2. The lowest BCUT2D eigenvalue weighted by Gasteiger charge is -2.10. The van der Waals surface area contributed by atoms with E-state index < -0.39 is 0 Å². The van der Waals surface area contributed by atoms with Gasteiger partial charge in [0.1, 0.15) is 5.52 Å². The number of alkyl halides is 1. The van der Waals surface area contributed by atoms with E-state index in [4.69, 9.17) is 9.78 Å². The summed E-state index contributed by atoms with van der Waals surface area (Å²) in [6.07, 6.45) is 5.52. The number of hydrogen-bond donors (Lipinski definition) is 0. The van der Waals surface area contributed by atoms with E-state index in [1.165, 1.54) is 0 Å². The van der Waals surface area contributed by atoms with Crippen LogP contribution in [0.25, 0.3) is 22.2 Å². The van der Waals surface area contributed by atoms with Crippen molar-refractivity contribution in [1.29, 1.82) is 0 Å². The lowest BCUT2D eigenvalue weighted by atomic mass is 10.1. The number of halogens is 2. The zero-order valence-electron chi connectivity index (χ0n) is 14.9. The molecular weight excluding hydrogens is 462 g/mol. The lowest BCUT2D eigenvalue weighted by Crippen LogP contribution is -2.06. The molecule has 0 saturated heterocycles. The molecule has 0 aliphatic carbocycles. The van der Waals surface area contributed by atoms with Gasteiger partial charge in [-0.05, 0) is 48.0 Å². The van der Waals surface area contributed by atoms with E-state index in [1.807, 2.05) is 51.4 Å². The Morgan fingerprint density at radius 2 is 2.04 bits per heavy atom. The first kappa shape index (κ1) is 20.6. The fourth-order valence-corrected chi connectivity index (χ4v) is 2.40. The normalized spacial score (nSPS) is 10.5. The second kappa shape index (κ2) is 9.85. The highest BCUT2D eigenvalue weighted by atomic mass is 79.9. The van der Waals surface area contributed by atoms with Crippen LogP contribution >= 0.6 is 31.9 Å². The summed E-state index contributed by atoms with van der Waals surface area (Å²) >= 11 is 6.59. The molecule has 0 atom stereocenters. The molecule has 26 heavy (non-hydrogen) atoms. The van der Waals surface area contributed by atoms with E-state index in [1.54, 1.807) is 17.0 Å². The predicted molar refractivity (Wildman–Crippen MR) is 112 cm³/mol. The monoisotopic (exact) mass is 481 g/mol. The van der Waals surface area contributed by atoms with Crippen LogP contribution in [0.4, 0.5) is 0 Å². The third-order valence-corrected chi connectivity index (χ3v) is 4.28. The minimum Gasteiger partial charge on any atom is -0.336 e. The number of aryl methyl sites for hydroxylation is 1. The molecule has 3 aromatic rings. The van der Waals surface area contributed by atoms with E-state index >= 15 is 0 Å². The maximum atomic E-state index is 5.36. The number of allylic oxidation sites excluding steroid dienone is 1. The average Bonchev–Trinajstić information content (AvgIpc) is 3.00. The van der Waals surface area contributed by atoms with Gasteiger partial charge in [0.2, 0.25) is 0 Å². The topological polar surface area (TPSA) is 49.2 Å². The molecule has 2 heterocycles. The molecule has 0 saturated carbocycles. The summed E-state index contributed by atoms with van der Waals surface area (Å²) in [6.45, 7) is 7.26. The molecule has 3 rings (SSSR count). The van der Waals surface area contributed by atoms with Gasteiger partial charge in [-0.1, -0.05) is 28.1 Å². The van der Waals surface area contributed by atoms with Gasteiger partial charge in [0.25, 0.3) is 0 Å². The Morgan fingerprint density at radius 1 is 1.31 bits per heavy atom. The van der Waals surface area contributed by atoms with Gasteiger partial charge in [-0.15, -0.1) is 6.58 Å². The molecule has 0 amide bonds. The van der Waals surface area contributed by atoms with Crippen LogP contribution in [0.2, 0.25) is 0 Å². The number of benzene rings is 1. The Balaban J connectivity index is 0.000000552. The van der Waals surface area contributed by atoms with Gasteiger partial charge in [0.05, 0.1) is 22.5 Å². The van der Waals surface area contributed by atoms with E-state index in [0.29, 0.717) is 5.75 Å². The zero-order valence-corrected chi connectivity index (χ0v) is 18.1. The van der Waals surface area contributed by atoms with Crippen molar-refractivity contribution in [3.63, 3.8) is 0 Å². The van der Waals surface area contributed by atoms with Crippen molar-refractivity contribution >= 4 is 42.8 Å². The van der Waals surface area contributed by atoms with Crippen molar-refractivity contribution in [2.45, 2.75) is 20.0 Å². The highest BCUT2D eigenvalue weighted by Crippen LogP contribution is 2.31. The molecule has 0 radical (unpaired) electrons. The summed E-state index contributed by atoms with van der Waals surface area (Å²) in [5, 5.41) is 6.28. The van der Waals surface area contributed by atoms with Gasteiger partial charge in [-0.3, -0.25) is 9.67 Å². The van der Waals surface area contributed by atoms with Crippen molar-refractivity contribution in [2.75, 3.05) is 5.33 Å². The van der Waals surface area contributed by atoms with Crippen LogP contribution in [-0.2, 0) is 11.9 Å². The Kier molecular flexibility index (Phi) is 7.81. The Morgan fingerprint density at radius 3 is 2.69 bits per heavy atom. The molecule has 0 spiro atoms. The number of hydrogen-bond acceptors (Lipinski definition) is 4. The van der Waals surface area contributed by atoms with E-state index in [-0.39, 0.29) is 6.10 Å². The molecule has 5 nitrogen and oxygen atoms in total. The summed E-state index contributed by atoms with van der Waals surface area (Å²) in [7, 11) is 1.90. The second-order valence-electron chi connectivity index (χ2n) is 5.75. The van der Waals surface area contributed by atoms with Gasteiger partial charge in [-0.25, -0.2) is 0 Å². The van der Waals surface area contributed by atoms with Crippen LogP contribution in [0.1, 0.15) is 13.8 Å². The van der Waals surface area contributed by atoms with Crippen LogP contribution in [0.15, 0.2) is 53.8 Å². The number of nitrogens with zero attached hydrogens (tertiary/aromatic N) is 3. The standard InChI is InChI=1S/C16H16BrN3O2.C3H5Br/c1-10(2)21-22-16-7-11(4-5-13(16)17)14-6-12-9-20(3)19-15(12)8-18-14;1-2-3-4/h4-10H,1-3H3;2H,1,3H2. The number of aromatic nitrogens is 3. The third-order valence-electron chi connectivity index (χ3n) is 3.17. The third kappa shape index (κ3) is 5.65. The number of pyridine rings is 1. The molecule has 138 valence electrons. The van der Waals surface area contributed by atoms with Gasteiger partial charge in [-0.2, -0.15) is 9.99 Å². The lowest BCUT2D eigenvalue weighted by molar-refractivity contribution is -0.235. The highest BCUT2D eigenvalue weighted by Gasteiger charge is 2.09. The summed E-state index contributed by atoms with van der Waals surface area (Å²) < 4.78 is 2.61. The average molecular weight is 483 g/mol. The predicted octanol–water partition coefficient (Wildman–Crippen LogP) is 5.68. The maximum Gasteiger partial charge on any atom is 0.180 e. The van der Waals surface area contributed by atoms with E-state index in [9.17, 15) is 0 Å². The summed E-state index contributed by atoms with van der Waals surface area (Å²) in [5.74, 6) is 0.624. The van der Waals surface area contributed by atoms with Crippen molar-refractivity contribution < 1.29 is 9.78 Å². The summed E-state index contributed by atoms with van der Waals surface area (Å²) in [4.78, 5) is 15.0. The molecule has 2 aromatic heterocycles. The Labute approximate surface area is 170 Å². The van der Waals surface area contributed by atoms with Crippen LogP contribution in [0, 0.1) is 0 Å². The summed E-state index contributed by atoms with van der Waals surface area (Å²) in [6, 6.07) is 7.82. The van der Waals surface area contributed by atoms with E-state index in [2.05, 4.69) is 48.5 Å². The molecule has 0 fully saturated rings. The van der Waals surface area contributed by atoms with E-state index in [0.717, 1.165) is 32.0 Å². The molecule has 0 bridgehead atoms. The first-order chi connectivity index (χ1) is 12.4. The van der Waals surface area contributed by atoms with Crippen molar-refractivity contribution in [3.05, 3.63) is 53.8 Å². The highest BCUT2D eigenvalue weighted by molar-refractivity contribution is 9.10. The fourth-order valence-electron chi connectivity index (χ4n) is 2.08. The minimum absolute atomic E-state index is 0.0135. The van der Waals surface area contributed by atoms with Crippen molar-refractivity contribution in [2.24, 2.45) is 7.05 Å². The molecule has 0 unspecified atom stereocenters. The maximum absolute atomic E-state index is 5.36. The quantitative estimate of drug-likeness (QED) is 0.203. The second-order valence-corrected chi connectivity index (χ2v) is 7.25. The minimum atomic E-state index is -0.0135. The first-order valence-electron chi connectivity index (χ1n) is 8.04. The van der Waals surface area contributed by atoms with Gasteiger partial charge >= 0.3 is 0 Å². The number of fused-ring (bicyclic) bond motifs is 1. The molecule has 1 aromatic carbocycles. The molecule has 0 N–H and O–H groups in total. The van der Waals surface area contributed by atoms with Gasteiger partial charge in [0.15, 0.2) is 5.75 Å². The van der Waals surface area contributed by atoms with Crippen LogP contribution in [-0.4, -0.2) is 26.2 Å². The number of rotatable bonds is 5. The van der Waals surface area contributed by atoms with Gasteiger partial charge in [0, 0.05) is 29.5 Å². The van der Waals surface area contributed by atoms with Gasteiger partial charge < -0.3 is 4.89 Å². The SMILES string of the molecule is C=CCBr.CC(C)OOc1cc(-c2cc3cn(C)nc3cn2)ccc1Br. The van der Waals surface area contributed by atoms with Crippen LogP contribution in [0.5, 0.6) is 5.75 Å². The first-order valence-corrected chi connectivity index (χ1v) is 9.95. The van der Waals surface area contributed by atoms with Crippen LogP contribution < -0.4 is 4.89 Å². The molecule has 7 heteroatoms. The van der Waals surface area contributed by atoms with Crippen LogP contribution in [0.3, 0.4) is 0 Å². The molecule has 0 aliphatic heterocycles.